The fourth-order valence-electron chi connectivity index (χ4n) is 1.40. The number of rotatable bonds is 6. The number of amides is 2. The van der Waals surface area contributed by atoms with Gasteiger partial charge in [-0.3, -0.25) is 9.59 Å². The van der Waals surface area contributed by atoms with Crippen LogP contribution in [-0.4, -0.2) is 36.5 Å². The second-order valence-electron chi connectivity index (χ2n) is 5.69. The van der Waals surface area contributed by atoms with Crippen molar-refractivity contribution in [1.82, 2.24) is 10.6 Å². The van der Waals surface area contributed by atoms with Crippen LogP contribution < -0.4 is 10.6 Å². The summed E-state index contributed by atoms with van der Waals surface area (Å²) in [5, 5.41) is 4.88. The Hall–Kier alpha value is -1.59. The molecule has 1 atom stereocenters. The summed E-state index contributed by atoms with van der Waals surface area (Å²) in [6.07, 6.45) is 1.39. The minimum absolute atomic E-state index is 0.191. The average Bonchev–Trinajstić information content (AvgIpc) is 2.21. The predicted molar refractivity (Wildman–Crippen MR) is 71.3 cm³/mol. The maximum atomic E-state index is 11.8. The van der Waals surface area contributed by atoms with Gasteiger partial charge in [-0.1, -0.05) is 13.8 Å². The third-order valence-corrected chi connectivity index (χ3v) is 2.05. The molecule has 0 aliphatic carbocycles. The van der Waals surface area contributed by atoms with E-state index in [0.29, 0.717) is 6.42 Å². The first-order valence-corrected chi connectivity index (χ1v) is 6.28. The van der Waals surface area contributed by atoms with Gasteiger partial charge in [0.1, 0.15) is 11.6 Å². The average molecular weight is 271 g/mol. The highest BCUT2D eigenvalue weighted by Gasteiger charge is 2.24. The topological polar surface area (TPSA) is 84.5 Å². The molecular formula is C13H23N2O4. The van der Waals surface area contributed by atoms with E-state index in [1.165, 1.54) is 0 Å². The Morgan fingerprint density at radius 1 is 1.26 bits per heavy atom. The lowest BCUT2D eigenvalue weighted by molar-refractivity contribution is -0.123. The highest BCUT2D eigenvalue weighted by molar-refractivity contribution is 5.86. The number of hydrogen-bond acceptors (Lipinski definition) is 4. The molecule has 2 N–H and O–H groups in total. The fourth-order valence-corrected chi connectivity index (χ4v) is 1.40. The Bertz CT molecular complexity index is 321. The number of alkyl carbamates (subject to hydrolysis) is 1. The van der Waals surface area contributed by atoms with Crippen molar-refractivity contribution in [1.29, 1.82) is 0 Å². The molecule has 0 aromatic heterocycles. The summed E-state index contributed by atoms with van der Waals surface area (Å²) in [6.45, 7) is 8.90. The van der Waals surface area contributed by atoms with Crippen molar-refractivity contribution >= 4 is 18.3 Å². The number of carbonyl (C=O) groups excluding carboxylic acids is 3. The molecule has 0 saturated carbocycles. The summed E-state index contributed by atoms with van der Waals surface area (Å²) in [5.74, 6) is -0.200. The normalized spacial score (nSPS) is 12.7. The van der Waals surface area contributed by atoms with Crippen LogP contribution >= 0.6 is 0 Å². The van der Waals surface area contributed by atoms with Gasteiger partial charge in [0, 0.05) is 0 Å². The molecule has 0 rings (SSSR count). The molecule has 0 saturated heterocycles. The minimum atomic E-state index is -0.719. The van der Waals surface area contributed by atoms with Gasteiger partial charge in [0.15, 0.2) is 0 Å². The van der Waals surface area contributed by atoms with Gasteiger partial charge in [0.25, 0.3) is 0 Å². The monoisotopic (exact) mass is 271 g/mol. The van der Waals surface area contributed by atoms with Crippen LogP contribution in [0.2, 0.25) is 0 Å². The summed E-state index contributed by atoms with van der Waals surface area (Å²) in [6, 6.07) is -0.719. The van der Waals surface area contributed by atoms with Gasteiger partial charge in [-0.25, -0.2) is 4.79 Å². The Labute approximate surface area is 114 Å². The molecule has 0 heterocycles. The van der Waals surface area contributed by atoms with E-state index in [4.69, 9.17) is 4.74 Å². The number of hydrogen-bond donors (Lipinski definition) is 2. The molecule has 6 nitrogen and oxygen atoms in total. The molecule has 0 aliphatic rings. The number of carbonyl (C=O) groups is 2. The van der Waals surface area contributed by atoms with Crippen LogP contribution in [0, 0.1) is 5.92 Å². The molecule has 19 heavy (non-hydrogen) atoms. The third-order valence-electron chi connectivity index (χ3n) is 2.05. The molecule has 0 bridgehead atoms. The largest absolute Gasteiger partial charge is 0.444 e. The molecule has 2 amide bonds. The van der Waals surface area contributed by atoms with Crippen molar-refractivity contribution in [2.75, 3.05) is 6.54 Å². The molecule has 0 spiro atoms. The minimum Gasteiger partial charge on any atom is -0.444 e. The van der Waals surface area contributed by atoms with Crippen LogP contribution in [0.4, 0.5) is 4.79 Å². The maximum absolute atomic E-state index is 11.8. The Balaban J connectivity index is 4.54. The van der Waals surface area contributed by atoms with Gasteiger partial charge >= 0.3 is 6.09 Å². The lowest BCUT2D eigenvalue weighted by atomic mass is 10.0. The SMILES string of the molecule is CC(C)C[C@H](NC(=O)OC(C)(C)C)C(=O)NC[C]=O. The molecule has 0 aromatic rings. The van der Waals surface area contributed by atoms with Crippen LogP contribution in [0.3, 0.4) is 0 Å². The first kappa shape index (κ1) is 17.4. The zero-order valence-electron chi connectivity index (χ0n) is 12.2. The summed E-state index contributed by atoms with van der Waals surface area (Å²) >= 11 is 0. The molecule has 6 heteroatoms. The zero-order chi connectivity index (χ0) is 15.1. The van der Waals surface area contributed by atoms with Crippen LogP contribution in [0.5, 0.6) is 0 Å². The fraction of sp³-hybridized carbons (Fsp3) is 0.769. The van der Waals surface area contributed by atoms with E-state index in [1.54, 1.807) is 27.1 Å². The molecule has 0 fully saturated rings. The van der Waals surface area contributed by atoms with E-state index in [9.17, 15) is 14.4 Å². The molecule has 0 aromatic carbocycles. The van der Waals surface area contributed by atoms with Crippen molar-refractivity contribution in [3.63, 3.8) is 0 Å². The first-order chi connectivity index (χ1) is 8.65. The van der Waals surface area contributed by atoms with Gasteiger partial charge < -0.3 is 15.4 Å². The number of nitrogens with one attached hydrogen (secondary N) is 2. The smallest absolute Gasteiger partial charge is 0.408 e. The Morgan fingerprint density at radius 3 is 2.26 bits per heavy atom. The Kier molecular flexibility index (Phi) is 7.11. The van der Waals surface area contributed by atoms with Gasteiger partial charge in [0.2, 0.25) is 12.2 Å². The molecule has 0 aliphatic heterocycles. The third kappa shape index (κ3) is 9.04. The summed E-state index contributed by atoms with van der Waals surface area (Å²) in [7, 11) is 0. The van der Waals surface area contributed by atoms with E-state index >= 15 is 0 Å². The summed E-state index contributed by atoms with van der Waals surface area (Å²) in [5.41, 5.74) is -0.625. The van der Waals surface area contributed by atoms with Crippen LogP contribution in [0.15, 0.2) is 0 Å². The van der Waals surface area contributed by atoms with Crippen LogP contribution in [-0.2, 0) is 14.3 Å². The second kappa shape index (κ2) is 7.76. The van der Waals surface area contributed by atoms with Crippen LogP contribution in [0.25, 0.3) is 0 Å². The van der Waals surface area contributed by atoms with Gasteiger partial charge in [-0.2, -0.15) is 0 Å². The molecule has 1 radical (unpaired) electrons. The van der Waals surface area contributed by atoms with Gasteiger partial charge in [-0.15, -0.1) is 0 Å². The van der Waals surface area contributed by atoms with Crippen LogP contribution in [0.1, 0.15) is 41.0 Å². The van der Waals surface area contributed by atoms with Crippen molar-refractivity contribution in [3.05, 3.63) is 0 Å². The molecule has 109 valence electrons. The van der Waals surface area contributed by atoms with E-state index in [-0.39, 0.29) is 12.5 Å². The molecule has 0 unspecified atom stereocenters. The highest BCUT2D eigenvalue weighted by Crippen LogP contribution is 2.09. The van der Waals surface area contributed by atoms with Crippen molar-refractivity contribution < 1.29 is 19.1 Å². The summed E-state index contributed by atoms with van der Waals surface area (Å²) < 4.78 is 5.10. The van der Waals surface area contributed by atoms with Crippen molar-refractivity contribution in [2.24, 2.45) is 5.92 Å². The van der Waals surface area contributed by atoms with Gasteiger partial charge in [-0.05, 0) is 33.1 Å². The lowest BCUT2D eigenvalue weighted by Crippen LogP contribution is -2.49. The van der Waals surface area contributed by atoms with E-state index < -0.39 is 23.6 Å². The number of ether oxygens (including phenoxy) is 1. The van der Waals surface area contributed by atoms with E-state index in [1.807, 2.05) is 13.8 Å². The zero-order valence-corrected chi connectivity index (χ0v) is 12.2. The lowest BCUT2D eigenvalue weighted by Gasteiger charge is -2.23. The standard InChI is InChI=1S/C13H23N2O4/c1-9(2)8-10(11(17)14-6-7-16)15-12(18)19-13(3,4)5/h9-10H,6,8H2,1-5H3,(H,14,17)(H,15,18)/t10-/m0/s1. The van der Waals surface area contributed by atoms with Gasteiger partial charge in [0.05, 0.1) is 6.54 Å². The first-order valence-electron chi connectivity index (χ1n) is 6.28. The van der Waals surface area contributed by atoms with Crippen molar-refractivity contribution in [2.45, 2.75) is 52.7 Å². The van der Waals surface area contributed by atoms with E-state index in [0.717, 1.165) is 0 Å². The quantitative estimate of drug-likeness (QED) is 0.759. The molecular weight excluding hydrogens is 248 g/mol. The highest BCUT2D eigenvalue weighted by atomic mass is 16.6. The Morgan fingerprint density at radius 2 is 1.84 bits per heavy atom. The van der Waals surface area contributed by atoms with Crippen molar-refractivity contribution in [3.8, 4) is 0 Å². The predicted octanol–water partition coefficient (Wildman–Crippen LogP) is 1.15. The van der Waals surface area contributed by atoms with E-state index in [2.05, 4.69) is 10.6 Å². The summed E-state index contributed by atoms with van der Waals surface area (Å²) in [4.78, 5) is 33.5. The maximum Gasteiger partial charge on any atom is 0.408 e. The second-order valence-corrected chi connectivity index (χ2v) is 5.69.